The van der Waals surface area contributed by atoms with E-state index in [9.17, 15) is 9.59 Å². The molecular weight excluding hydrogens is 428 g/mol. The summed E-state index contributed by atoms with van der Waals surface area (Å²) in [5.41, 5.74) is 3.94. The minimum atomic E-state index is -0.129. The molecule has 5 rings (SSSR count). The molecule has 8 nitrogen and oxygen atoms in total. The van der Waals surface area contributed by atoms with E-state index in [2.05, 4.69) is 38.5 Å². The van der Waals surface area contributed by atoms with Crippen LogP contribution in [0.2, 0.25) is 0 Å². The number of aromatic nitrogens is 4. The normalized spacial score (nSPS) is 18.0. The average molecular weight is 459 g/mol. The molecule has 2 aliphatic rings. The zero-order valence-corrected chi connectivity index (χ0v) is 19.5. The van der Waals surface area contributed by atoms with Gasteiger partial charge in [0.1, 0.15) is 0 Å². The topological polar surface area (TPSA) is 93.0 Å². The van der Waals surface area contributed by atoms with Crippen molar-refractivity contribution in [2.24, 2.45) is 5.92 Å². The van der Waals surface area contributed by atoms with Crippen LogP contribution in [0.1, 0.15) is 42.9 Å². The Morgan fingerprint density at radius 3 is 2.68 bits per heavy atom. The lowest BCUT2D eigenvalue weighted by Gasteiger charge is -2.32. The first-order valence-electron chi connectivity index (χ1n) is 12.1. The van der Waals surface area contributed by atoms with Crippen molar-refractivity contribution in [1.82, 2.24) is 25.3 Å². The summed E-state index contributed by atoms with van der Waals surface area (Å²) in [6.45, 7) is 4.30. The van der Waals surface area contributed by atoms with Gasteiger partial charge in [0.05, 0.1) is 23.9 Å². The maximum atomic E-state index is 12.8. The van der Waals surface area contributed by atoms with Crippen molar-refractivity contribution < 1.29 is 4.79 Å². The molecule has 0 radical (unpaired) electrons. The Kier molecular flexibility index (Phi) is 6.38. The number of benzene rings is 1. The zero-order valence-electron chi connectivity index (χ0n) is 19.5. The third-order valence-corrected chi connectivity index (χ3v) is 6.69. The largest absolute Gasteiger partial charge is 0.354 e. The van der Waals surface area contributed by atoms with Crippen LogP contribution >= 0.6 is 0 Å². The molecule has 1 aromatic carbocycles. The van der Waals surface area contributed by atoms with E-state index in [0.717, 1.165) is 60.6 Å². The molecular formula is C26H30N6O2. The highest BCUT2D eigenvalue weighted by Gasteiger charge is 2.27. The van der Waals surface area contributed by atoms with Crippen LogP contribution in [0.3, 0.4) is 0 Å². The third-order valence-electron chi connectivity index (χ3n) is 6.69. The lowest BCUT2D eigenvalue weighted by atomic mass is 9.97. The Morgan fingerprint density at radius 2 is 1.91 bits per heavy atom. The van der Waals surface area contributed by atoms with Crippen LogP contribution in [-0.4, -0.2) is 45.5 Å². The number of amides is 1. The molecule has 8 heteroatoms. The van der Waals surface area contributed by atoms with Crippen molar-refractivity contribution >= 4 is 11.7 Å². The van der Waals surface area contributed by atoms with E-state index in [4.69, 9.17) is 0 Å². The van der Waals surface area contributed by atoms with Crippen LogP contribution in [0.25, 0.3) is 11.3 Å². The van der Waals surface area contributed by atoms with Crippen LogP contribution < -0.4 is 15.8 Å². The molecule has 34 heavy (non-hydrogen) atoms. The number of hydrogen-bond acceptors (Lipinski definition) is 6. The summed E-state index contributed by atoms with van der Waals surface area (Å²) in [6.07, 6.45) is 4.04. The van der Waals surface area contributed by atoms with E-state index in [0.29, 0.717) is 25.6 Å². The third kappa shape index (κ3) is 5.00. The fourth-order valence-corrected chi connectivity index (χ4v) is 4.55. The first-order chi connectivity index (χ1) is 16.6. The van der Waals surface area contributed by atoms with Crippen LogP contribution in [0.4, 0.5) is 5.82 Å². The Bertz CT molecular complexity index is 1220. The number of carbonyl (C=O) groups excluding carboxylic acids is 1. The van der Waals surface area contributed by atoms with Crippen molar-refractivity contribution in [2.75, 3.05) is 24.5 Å². The lowest BCUT2D eigenvalue weighted by molar-refractivity contribution is -0.125. The highest BCUT2D eigenvalue weighted by Crippen LogP contribution is 2.38. The lowest BCUT2D eigenvalue weighted by Crippen LogP contribution is -2.44. The summed E-state index contributed by atoms with van der Waals surface area (Å²) < 4.78 is 1.46. The molecule has 3 heterocycles. The number of nitrogens with one attached hydrogen (secondary N) is 1. The van der Waals surface area contributed by atoms with Gasteiger partial charge < -0.3 is 10.2 Å². The average Bonchev–Trinajstić information content (AvgIpc) is 3.71. The predicted molar refractivity (Wildman–Crippen MR) is 131 cm³/mol. The highest BCUT2D eigenvalue weighted by molar-refractivity contribution is 5.79. The van der Waals surface area contributed by atoms with Crippen molar-refractivity contribution in [2.45, 2.75) is 45.1 Å². The van der Waals surface area contributed by atoms with Gasteiger partial charge in [0.2, 0.25) is 5.91 Å². The van der Waals surface area contributed by atoms with Gasteiger partial charge in [-0.2, -0.15) is 5.10 Å². The molecule has 1 saturated heterocycles. The molecule has 2 fully saturated rings. The van der Waals surface area contributed by atoms with Crippen LogP contribution in [0, 0.1) is 12.8 Å². The minimum absolute atomic E-state index is 0.0144. The summed E-state index contributed by atoms with van der Waals surface area (Å²) in [5, 5.41) is 16.3. The molecule has 2 aromatic heterocycles. The first kappa shape index (κ1) is 22.3. The van der Waals surface area contributed by atoms with Gasteiger partial charge in [-0.25, -0.2) is 4.68 Å². The number of rotatable bonds is 7. The van der Waals surface area contributed by atoms with Gasteiger partial charge in [0.25, 0.3) is 5.56 Å². The van der Waals surface area contributed by atoms with Crippen molar-refractivity contribution in [3.05, 3.63) is 70.1 Å². The van der Waals surface area contributed by atoms with E-state index in [1.54, 1.807) is 6.07 Å². The van der Waals surface area contributed by atoms with Gasteiger partial charge in [0.15, 0.2) is 5.82 Å². The molecule has 176 valence electrons. The van der Waals surface area contributed by atoms with Gasteiger partial charge in [0, 0.05) is 37.2 Å². The standard InChI is InChI=1S/C26H30N6O2/c1-18-5-2-3-7-21(18)23-10-12-24(29-28-23)31-15-4-6-20(17-31)26(34)27-14-16-32-25(33)13-11-22(30-32)19-8-9-19/h2-3,5,7,10-13,19-20H,4,6,8-9,14-17H2,1H3,(H,27,34). The molecule has 1 saturated carbocycles. The molecule has 1 amide bonds. The van der Waals surface area contributed by atoms with E-state index in [-0.39, 0.29) is 17.4 Å². The smallest absolute Gasteiger partial charge is 0.266 e. The fourth-order valence-electron chi connectivity index (χ4n) is 4.55. The van der Waals surface area contributed by atoms with Gasteiger partial charge in [-0.1, -0.05) is 24.3 Å². The minimum Gasteiger partial charge on any atom is -0.354 e. The molecule has 1 unspecified atom stereocenters. The van der Waals surface area contributed by atoms with Crippen molar-refractivity contribution in [3.63, 3.8) is 0 Å². The Balaban J connectivity index is 1.17. The number of piperidine rings is 1. The number of anilines is 1. The van der Waals surface area contributed by atoms with E-state index in [1.807, 2.05) is 36.4 Å². The summed E-state index contributed by atoms with van der Waals surface area (Å²) in [5.74, 6) is 1.18. The summed E-state index contributed by atoms with van der Waals surface area (Å²) >= 11 is 0. The maximum absolute atomic E-state index is 12.8. The van der Waals surface area contributed by atoms with Crippen molar-refractivity contribution in [3.8, 4) is 11.3 Å². The number of aryl methyl sites for hydroxylation is 1. The van der Waals surface area contributed by atoms with Gasteiger partial charge >= 0.3 is 0 Å². The van der Waals surface area contributed by atoms with Gasteiger partial charge in [-0.15, -0.1) is 10.2 Å². The molecule has 0 bridgehead atoms. The second-order valence-corrected chi connectivity index (χ2v) is 9.26. The number of nitrogens with zero attached hydrogens (tertiary/aromatic N) is 5. The fraction of sp³-hybridized carbons (Fsp3) is 0.423. The Labute approximate surface area is 199 Å². The maximum Gasteiger partial charge on any atom is 0.266 e. The van der Waals surface area contributed by atoms with E-state index >= 15 is 0 Å². The molecule has 1 N–H and O–H groups in total. The number of hydrogen-bond donors (Lipinski definition) is 1. The summed E-state index contributed by atoms with van der Waals surface area (Å²) in [4.78, 5) is 27.1. The monoisotopic (exact) mass is 458 g/mol. The van der Waals surface area contributed by atoms with Crippen LogP contribution in [0.5, 0.6) is 0 Å². The molecule has 1 aliphatic heterocycles. The molecule has 0 spiro atoms. The molecule has 1 atom stereocenters. The second kappa shape index (κ2) is 9.75. The SMILES string of the molecule is Cc1ccccc1-c1ccc(N2CCCC(C(=O)NCCn3nc(C4CC4)ccc3=O)C2)nn1. The van der Waals surface area contributed by atoms with E-state index in [1.165, 1.54) is 4.68 Å². The highest BCUT2D eigenvalue weighted by atomic mass is 16.2. The van der Waals surface area contributed by atoms with E-state index < -0.39 is 0 Å². The second-order valence-electron chi connectivity index (χ2n) is 9.26. The Hall–Kier alpha value is -3.55. The predicted octanol–water partition coefficient (Wildman–Crippen LogP) is 2.92. The summed E-state index contributed by atoms with van der Waals surface area (Å²) in [6, 6.07) is 15.5. The number of carbonyl (C=O) groups is 1. The molecule has 3 aromatic rings. The zero-order chi connectivity index (χ0) is 23.5. The Morgan fingerprint density at radius 1 is 1.06 bits per heavy atom. The quantitative estimate of drug-likeness (QED) is 0.585. The molecule has 1 aliphatic carbocycles. The van der Waals surface area contributed by atoms with Gasteiger partial charge in [-0.3, -0.25) is 9.59 Å². The van der Waals surface area contributed by atoms with Gasteiger partial charge in [-0.05, 0) is 56.4 Å². The van der Waals surface area contributed by atoms with Crippen molar-refractivity contribution in [1.29, 1.82) is 0 Å². The summed E-state index contributed by atoms with van der Waals surface area (Å²) in [7, 11) is 0. The first-order valence-corrected chi connectivity index (χ1v) is 12.1. The van der Waals surface area contributed by atoms with Crippen LogP contribution in [-0.2, 0) is 11.3 Å². The van der Waals surface area contributed by atoms with Crippen LogP contribution in [0.15, 0.2) is 53.3 Å².